The molecule has 0 aliphatic rings. The number of nitrogens with zero attached hydrogens (tertiary/aromatic N) is 1. The summed E-state index contributed by atoms with van der Waals surface area (Å²) < 4.78 is 5.43. The van der Waals surface area contributed by atoms with Crippen molar-refractivity contribution in [1.29, 1.82) is 0 Å². The van der Waals surface area contributed by atoms with Gasteiger partial charge in [0.05, 0.1) is 6.61 Å². The lowest BCUT2D eigenvalue weighted by molar-refractivity contribution is 0.340. The van der Waals surface area contributed by atoms with Gasteiger partial charge in [-0.25, -0.2) is 0 Å². The Hall–Kier alpha value is -1.83. The molecule has 0 aliphatic heterocycles. The largest absolute Gasteiger partial charge is 0.494 e. The molecule has 0 amide bonds. The van der Waals surface area contributed by atoms with Gasteiger partial charge < -0.3 is 4.74 Å². The summed E-state index contributed by atoms with van der Waals surface area (Å²) in [6, 6.07) is 12.9. The third-order valence-electron chi connectivity index (χ3n) is 2.08. The molecule has 1 radical (unpaired) electrons. The van der Waals surface area contributed by atoms with E-state index in [2.05, 4.69) is 11.1 Å². The van der Waals surface area contributed by atoms with Crippen molar-refractivity contribution in [2.75, 3.05) is 6.61 Å². The van der Waals surface area contributed by atoms with Gasteiger partial charge in [-0.3, -0.25) is 4.98 Å². The molecular formula is C13H12NO. The number of hydrogen-bond acceptors (Lipinski definition) is 2. The summed E-state index contributed by atoms with van der Waals surface area (Å²) >= 11 is 0. The molecule has 2 heteroatoms. The smallest absolute Gasteiger partial charge is 0.119 e. The number of ether oxygens (including phenoxy) is 1. The van der Waals surface area contributed by atoms with Gasteiger partial charge in [0.25, 0.3) is 0 Å². The molecule has 0 saturated heterocycles. The Kier molecular flexibility index (Phi) is 2.98. The Morgan fingerprint density at radius 2 is 2.07 bits per heavy atom. The molecule has 75 valence electrons. The van der Waals surface area contributed by atoms with E-state index in [0.717, 1.165) is 16.9 Å². The van der Waals surface area contributed by atoms with Crippen molar-refractivity contribution < 1.29 is 4.74 Å². The molecule has 0 unspecified atom stereocenters. The molecule has 2 aromatic rings. The maximum absolute atomic E-state index is 5.43. The van der Waals surface area contributed by atoms with Crippen LogP contribution in [0.25, 0.3) is 11.1 Å². The summed E-state index contributed by atoms with van der Waals surface area (Å²) in [5.41, 5.74) is 2.13. The van der Waals surface area contributed by atoms with E-state index in [1.54, 1.807) is 12.4 Å². The van der Waals surface area contributed by atoms with Crippen LogP contribution in [0.1, 0.15) is 6.92 Å². The van der Waals surface area contributed by atoms with Crippen molar-refractivity contribution in [3.63, 3.8) is 0 Å². The second-order valence-corrected chi connectivity index (χ2v) is 3.11. The molecule has 1 aromatic carbocycles. The van der Waals surface area contributed by atoms with Gasteiger partial charge in [-0.1, -0.05) is 6.07 Å². The minimum absolute atomic E-state index is 0.680. The van der Waals surface area contributed by atoms with E-state index in [-0.39, 0.29) is 0 Å². The zero-order valence-corrected chi connectivity index (χ0v) is 8.60. The van der Waals surface area contributed by atoms with E-state index in [1.165, 1.54) is 0 Å². The zero-order chi connectivity index (χ0) is 10.5. The topological polar surface area (TPSA) is 22.1 Å². The molecule has 2 nitrogen and oxygen atoms in total. The monoisotopic (exact) mass is 198 g/mol. The fraction of sp³-hybridized carbons (Fsp3) is 0.154. The van der Waals surface area contributed by atoms with Crippen LogP contribution in [0, 0.1) is 6.07 Å². The van der Waals surface area contributed by atoms with Crippen LogP contribution >= 0.6 is 0 Å². The number of hydrogen-bond donors (Lipinski definition) is 0. The van der Waals surface area contributed by atoms with E-state index >= 15 is 0 Å². The Bertz CT molecular complexity index is 426. The molecule has 1 aromatic heterocycles. The fourth-order valence-corrected chi connectivity index (χ4v) is 1.40. The highest BCUT2D eigenvalue weighted by molar-refractivity contribution is 5.63. The van der Waals surface area contributed by atoms with Crippen LogP contribution in [0.4, 0.5) is 0 Å². The van der Waals surface area contributed by atoms with Crippen LogP contribution in [0.2, 0.25) is 0 Å². The Morgan fingerprint density at radius 3 is 2.80 bits per heavy atom. The molecule has 15 heavy (non-hydrogen) atoms. The van der Waals surface area contributed by atoms with E-state index in [0.29, 0.717) is 6.61 Å². The van der Waals surface area contributed by atoms with Crippen LogP contribution in [0.3, 0.4) is 0 Å². The first-order valence-corrected chi connectivity index (χ1v) is 4.95. The van der Waals surface area contributed by atoms with Gasteiger partial charge in [-0.05, 0) is 48.4 Å². The molecule has 0 aliphatic carbocycles. The molecule has 0 saturated carbocycles. The quantitative estimate of drug-likeness (QED) is 0.756. The number of pyridine rings is 1. The summed E-state index contributed by atoms with van der Waals surface area (Å²) in [5.74, 6) is 0.878. The predicted molar refractivity (Wildman–Crippen MR) is 59.7 cm³/mol. The van der Waals surface area contributed by atoms with Gasteiger partial charge >= 0.3 is 0 Å². The molecule has 1 heterocycles. The van der Waals surface area contributed by atoms with E-state index in [4.69, 9.17) is 4.74 Å². The standard InChI is InChI=1S/C13H12NO/c1-2-15-13-5-3-4-12(10-13)11-6-8-14-9-7-11/h3,5-10H,2H2,1H3. The maximum atomic E-state index is 5.43. The normalized spacial score (nSPS) is 9.93. The predicted octanol–water partition coefficient (Wildman–Crippen LogP) is 2.95. The SMILES string of the molecule is CCOc1cc[c]c(-c2ccncc2)c1. The Labute approximate surface area is 89.6 Å². The van der Waals surface area contributed by atoms with E-state index in [1.807, 2.05) is 37.3 Å². The third-order valence-corrected chi connectivity index (χ3v) is 2.08. The summed E-state index contributed by atoms with van der Waals surface area (Å²) in [7, 11) is 0. The summed E-state index contributed by atoms with van der Waals surface area (Å²) in [5, 5.41) is 0. The van der Waals surface area contributed by atoms with Crippen molar-refractivity contribution >= 4 is 0 Å². The minimum Gasteiger partial charge on any atom is -0.494 e. The first kappa shape index (κ1) is 9.71. The third kappa shape index (κ3) is 2.34. The molecule has 0 atom stereocenters. The summed E-state index contributed by atoms with van der Waals surface area (Å²) in [6.45, 7) is 2.66. The molecule has 0 fully saturated rings. The minimum atomic E-state index is 0.680. The molecule has 2 rings (SSSR count). The van der Waals surface area contributed by atoms with Gasteiger partial charge in [0.2, 0.25) is 0 Å². The number of rotatable bonds is 3. The fourth-order valence-electron chi connectivity index (χ4n) is 1.40. The number of aromatic nitrogens is 1. The van der Waals surface area contributed by atoms with E-state index in [9.17, 15) is 0 Å². The average Bonchev–Trinajstić information content (AvgIpc) is 2.31. The summed E-state index contributed by atoms with van der Waals surface area (Å²) in [6.07, 6.45) is 3.55. The second kappa shape index (κ2) is 4.60. The van der Waals surface area contributed by atoms with E-state index < -0.39 is 0 Å². The van der Waals surface area contributed by atoms with Crippen LogP contribution < -0.4 is 4.74 Å². The van der Waals surface area contributed by atoms with Crippen molar-refractivity contribution in [2.24, 2.45) is 0 Å². The van der Waals surface area contributed by atoms with Crippen LogP contribution in [0.15, 0.2) is 42.7 Å². The highest BCUT2D eigenvalue weighted by Crippen LogP contribution is 2.22. The molecule has 0 spiro atoms. The maximum Gasteiger partial charge on any atom is 0.119 e. The first-order chi connectivity index (χ1) is 7.40. The van der Waals surface area contributed by atoms with Crippen molar-refractivity contribution in [2.45, 2.75) is 6.92 Å². The van der Waals surface area contributed by atoms with Crippen molar-refractivity contribution in [1.82, 2.24) is 4.98 Å². The zero-order valence-electron chi connectivity index (χ0n) is 8.60. The van der Waals surface area contributed by atoms with Crippen LogP contribution in [-0.2, 0) is 0 Å². The van der Waals surface area contributed by atoms with Crippen LogP contribution in [0.5, 0.6) is 5.75 Å². The average molecular weight is 198 g/mol. The van der Waals surface area contributed by atoms with Gasteiger partial charge in [0, 0.05) is 12.4 Å². The van der Waals surface area contributed by atoms with Gasteiger partial charge in [0.1, 0.15) is 5.75 Å². The van der Waals surface area contributed by atoms with Gasteiger partial charge in [-0.15, -0.1) is 0 Å². The Morgan fingerprint density at radius 1 is 1.27 bits per heavy atom. The highest BCUT2D eigenvalue weighted by atomic mass is 16.5. The Balaban J connectivity index is 2.33. The van der Waals surface area contributed by atoms with Crippen LogP contribution in [-0.4, -0.2) is 11.6 Å². The molecular weight excluding hydrogens is 186 g/mol. The lowest BCUT2D eigenvalue weighted by atomic mass is 10.1. The van der Waals surface area contributed by atoms with Crippen molar-refractivity contribution in [3.8, 4) is 16.9 Å². The lowest BCUT2D eigenvalue weighted by Gasteiger charge is -2.05. The molecule has 0 bridgehead atoms. The van der Waals surface area contributed by atoms with Crippen molar-refractivity contribution in [3.05, 3.63) is 48.8 Å². The number of benzene rings is 1. The van der Waals surface area contributed by atoms with Gasteiger partial charge in [0.15, 0.2) is 0 Å². The lowest BCUT2D eigenvalue weighted by Crippen LogP contribution is -1.91. The summed E-state index contributed by atoms with van der Waals surface area (Å²) in [4.78, 5) is 3.98. The highest BCUT2D eigenvalue weighted by Gasteiger charge is 1.98. The second-order valence-electron chi connectivity index (χ2n) is 3.11. The first-order valence-electron chi connectivity index (χ1n) is 4.95. The molecule has 0 N–H and O–H groups in total. The van der Waals surface area contributed by atoms with Gasteiger partial charge in [-0.2, -0.15) is 0 Å².